The minimum absolute atomic E-state index is 0.0306. The van der Waals surface area contributed by atoms with E-state index in [9.17, 15) is 24.7 Å². The van der Waals surface area contributed by atoms with E-state index in [0.29, 0.717) is 25.2 Å². The van der Waals surface area contributed by atoms with Gasteiger partial charge in [0.05, 0.1) is 24.5 Å². The van der Waals surface area contributed by atoms with Crippen LogP contribution < -0.4 is 5.32 Å². The summed E-state index contributed by atoms with van der Waals surface area (Å²) in [4.78, 5) is 30.1. The van der Waals surface area contributed by atoms with E-state index < -0.39 is 19.8 Å². The summed E-state index contributed by atoms with van der Waals surface area (Å²) in [6.45, 7) is 6.66. The molecule has 0 saturated heterocycles. The van der Waals surface area contributed by atoms with E-state index in [1.807, 2.05) is 0 Å². The first-order valence-electron chi connectivity index (χ1n) is 13.6. The van der Waals surface area contributed by atoms with Gasteiger partial charge in [0.15, 0.2) is 0 Å². The van der Waals surface area contributed by atoms with Crippen LogP contribution in [0.1, 0.15) is 78.6 Å². The van der Waals surface area contributed by atoms with E-state index in [1.165, 1.54) is 0 Å². The first-order valence-corrected chi connectivity index (χ1v) is 15.4. The number of fused-ring (bicyclic) bond motifs is 5. The van der Waals surface area contributed by atoms with Gasteiger partial charge in [-0.2, -0.15) is 0 Å². The van der Waals surface area contributed by atoms with Gasteiger partial charge >= 0.3 is 7.60 Å². The van der Waals surface area contributed by atoms with Crippen LogP contribution in [0.3, 0.4) is 0 Å². The van der Waals surface area contributed by atoms with E-state index >= 15 is 0 Å². The van der Waals surface area contributed by atoms with E-state index in [0.717, 1.165) is 38.5 Å². The molecule has 4 aliphatic carbocycles. The highest BCUT2D eigenvalue weighted by atomic mass is 31.2. The number of amides is 1. The number of aliphatic hydroxyl groups is 3. The minimum atomic E-state index is -4.12. The zero-order valence-corrected chi connectivity index (χ0v) is 22.4. The van der Waals surface area contributed by atoms with Gasteiger partial charge in [-0.25, -0.2) is 0 Å². The molecular weight excluding hydrogens is 469 g/mol. The monoisotopic (exact) mass is 515 g/mol. The lowest BCUT2D eigenvalue weighted by atomic mass is 9.43. The molecule has 0 aromatic rings. The average Bonchev–Trinajstić information content (AvgIpc) is 3.12. The number of hydrogen-bond acceptors (Lipinski definition) is 5. The Morgan fingerprint density at radius 2 is 1.77 bits per heavy atom. The lowest BCUT2D eigenvalue weighted by Crippen LogP contribution is -2.62. The fraction of sp³-hybridized carbons (Fsp3) is 0.962. The third-order valence-electron chi connectivity index (χ3n) is 11.1. The van der Waals surface area contributed by atoms with E-state index in [1.54, 1.807) is 0 Å². The molecule has 8 nitrogen and oxygen atoms in total. The molecule has 4 aliphatic rings. The second-order valence-corrected chi connectivity index (χ2v) is 14.6. The highest BCUT2D eigenvalue weighted by Crippen LogP contribution is 2.68. The third-order valence-corrected chi connectivity index (χ3v) is 11.9. The lowest BCUT2D eigenvalue weighted by molar-refractivity contribution is -0.207. The number of aliphatic hydroxyl groups excluding tert-OH is 3. The highest BCUT2D eigenvalue weighted by molar-refractivity contribution is 7.51. The van der Waals surface area contributed by atoms with Crippen LogP contribution >= 0.6 is 7.60 Å². The molecule has 0 radical (unpaired) electrons. The van der Waals surface area contributed by atoms with E-state index in [2.05, 4.69) is 26.1 Å². The molecule has 0 aromatic carbocycles. The summed E-state index contributed by atoms with van der Waals surface area (Å²) in [6.07, 6.45) is 5.41. The van der Waals surface area contributed by atoms with Crippen LogP contribution in [0.15, 0.2) is 0 Å². The van der Waals surface area contributed by atoms with Gasteiger partial charge in [-0.15, -0.1) is 0 Å². The largest absolute Gasteiger partial charge is 0.393 e. The van der Waals surface area contributed by atoms with Crippen molar-refractivity contribution < 1.29 is 34.5 Å². The molecule has 4 fully saturated rings. The van der Waals surface area contributed by atoms with Crippen molar-refractivity contribution in [1.29, 1.82) is 0 Å². The predicted octanol–water partition coefficient (Wildman–Crippen LogP) is 2.66. The van der Waals surface area contributed by atoms with Gasteiger partial charge in [-0.3, -0.25) is 9.36 Å². The second kappa shape index (κ2) is 9.99. The molecule has 4 saturated carbocycles. The summed E-state index contributed by atoms with van der Waals surface area (Å²) in [5.41, 5.74) is -0.240. The Morgan fingerprint density at radius 1 is 1.06 bits per heavy atom. The third kappa shape index (κ3) is 5.13. The van der Waals surface area contributed by atoms with Crippen molar-refractivity contribution in [2.45, 2.75) is 96.9 Å². The van der Waals surface area contributed by atoms with Gasteiger partial charge in [0.25, 0.3) is 0 Å². The molecule has 0 aromatic heterocycles. The summed E-state index contributed by atoms with van der Waals surface area (Å²) in [7, 11) is -4.12. The van der Waals surface area contributed by atoms with Crippen molar-refractivity contribution in [2.75, 3.05) is 12.7 Å². The molecule has 11 atom stereocenters. The van der Waals surface area contributed by atoms with Crippen molar-refractivity contribution in [2.24, 2.45) is 46.3 Å². The minimum Gasteiger partial charge on any atom is -0.393 e. The maximum absolute atomic E-state index is 12.2. The Labute approximate surface area is 209 Å². The fourth-order valence-electron chi connectivity index (χ4n) is 9.12. The number of carbonyl (C=O) groups excluding carboxylic acids is 1. The Hall–Kier alpha value is -0.500. The molecular formula is C26H46NO7P. The Balaban J connectivity index is 1.43. The summed E-state index contributed by atoms with van der Waals surface area (Å²) >= 11 is 0. The molecule has 9 heteroatoms. The Kier molecular flexibility index (Phi) is 7.86. The zero-order valence-electron chi connectivity index (χ0n) is 21.5. The van der Waals surface area contributed by atoms with Gasteiger partial charge in [-0.1, -0.05) is 20.8 Å². The van der Waals surface area contributed by atoms with Crippen molar-refractivity contribution in [1.82, 2.24) is 5.32 Å². The SMILES string of the molecule is C[C@H](CCC(=O)NCCP(=O)(O)O)[C@H]1CC[C@H]2[C@@H]3[C@H](O)C[C@@H]4C[C@H](O)CC[C@]4(C)[C@H]3C[C@H](O)[C@]12C. The maximum Gasteiger partial charge on any atom is 0.327 e. The quantitative estimate of drug-likeness (QED) is 0.286. The maximum atomic E-state index is 12.2. The number of hydrogen-bond donors (Lipinski definition) is 6. The fourth-order valence-corrected chi connectivity index (χ4v) is 9.52. The van der Waals surface area contributed by atoms with Crippen LogP contribution in [-0.2, 0) is 9.36 Å². The molecule has 0 heterocycles. The summed E-state index contributed by atoms with van der Waals surface area (Å²) in [6, 6.07) is 0. The molecule has 6 N–H and O–H groups in total. The van der Waals surface area contributed by atoms with Crippen LogP contribution in [-0.4, -0.2) is 62.0 Å². The standard InChI is InChI=1S/C26H46NO7P/c1-15(4-7-23(31)27-10-11-35(32,33)34)18-5-6-19-24-20(14-22(30)26(18,19)3)25(2)9-8-17(28)12-16(25)13-21(24)29/h15-22,24,28-30H,4-14H2,1-3H3,(H,27,31)(H2,32,33,34)/t15-,16+,17-,18-,19+,20+,21-,22+,24+,25+,26-/m1/s1. The topological polar surface area (TPSA) is 147 Å². The van der Waals surface area contributed by atoms with Gasteiger partial charge in [0, 0.05) is 13.0 Å². The molecule has 202 valence electrons. The summed E-state index contributed by atoms with van der Waals surface area (Å²) in [5.74, 6) is 1.28. The molecule has 4 rings (SSSR count). The second-order valence-electron chi connectivity index (χ2n) is 12.8. The highest BCUT2D eigenvalue weighted by Gasteiger charge is 2.65. The van der Waals surface area contributed by atoms with Crippen LogP contribution in [0.4, 0.5) is 0 Å². The van der Waals surface area contributed by atoms with Crippen LogP contribution in [0, 0.1) is 46.3 Å². The Morgan fingerprint density at radius 3 is 2.46 bits per heavy atom. The van der Waals surface area contributed by atoms with Gasteiger partial charge in [0.1, 0.15) is 0 Å². The number of carbonyl (C=O) groups is 1. The van der Waals surface area contributed by atoms with Crippen molar-refractivity contribution in [3.05, 3.63) is 0 Å². The summed E-state index contributed by atoms with van der Waals surface area (Å²) < 4.78 is 11.0. The molecule has 0 spiro atoms. The normalized spacial score (nSPS) is 46.3. The van der Waals surface area contributed by atoms with Gasteiger partial charge in [-0.05, 0) is 97.7 Å². The predicted molar refractivity (Wildman–Crippen MR) is 132 cm³/mol. The van der Waals surface area contributed by atoms with Crippen molar-refractivity contribution in [3.63, 3.8) is 0 Å². The number of nitrogens with one attached hydrogen (secondary N) is 1. The van der Waals surface area contributed by atoms with E-state index in [4.69, 9.17) is 9.79 Å². The molecule has 0 aliphatic heterocycles. The average molecular weight is 516 g/mol. The Bertz CT molecular complexity index is 835. The lowest BCUT2D eigenvalue weighted by Gasteiger charge is -2.63. The summed E-state index contributed by atoms with van der Waals surface area (Å²) in [5, 5.41) is 35.9. The molecule has 0 unspecified atom stereocenters. The van der Waals surface area contributed by atoms with Gasteiger partial charge < -0.3 is 30.4 Å². The van der Waals surface area contributed by atoms with E-state index in [-0.39, 0.29) is 65.1 Å². The molecule has 1 amide bonds. The molecule has 0 bridgehead atoms. The van der Waals surface area contributed by atoms with Crippen LogP contribution in [0.25, 0.3) is 0 Å². The van der Waals surface area contributed by atoms with Crippen molar-refractivity contribution >= 4 is 13.5 Å². The molecule has 35 heavy (non-hydrogen) atoms. The first-order chi connectivity index (χ1) is 16.3. The van der Waals surface area contributed by atoms with Crippen LogP contribution in [0.2, 0.25) is 0 Å². The van der Waals surface area contributed by atoms with Gasteiger partial charge in [0.2, 0.25) is 5.91 Å². The number of rotatable bonds is 7. The van der Waals surface area contributed by atoms with Crippen molar-refractivity contribution in [3.8, 4) is 0 Å². The first kappa shape index (κ1) is 27.5. The zero-order chi connectivity index (χ0) is 25.8. The smallest absolute Gasteiger partial charge is 0.327 e. The van der Waals surface area contributed by atoms with Crippen LogP contribution in [0.5, 0.6) is 0 Å².